The zero-order valence-corrected chi connectivity index (χ0v) is 14.5. The fourth-order valence-corrected chi connectivity index (χ4v) is 3.81. The van der Waals surface area contributed by atoms with Gasteiger partial charge in [0.2, 0.25) is 5.91 Å². The Morgan fingerprint density at radius 1 is 1.21 bits per heavy atom. The minimum Gasteiger partial charge on any atom is -0.445 e. The van der Waals surface area contributed by atoms with Gasteiger partial charge in [-0.15, -0.1) is 0 Å². The van der Waals surface area contributed by atoms with Crippen LogP contribution in [0.15, 0.2) is 30.3 Å². The predicted octanol–water partition coefficient (Wildman–Crippen LogP) is 3.05. The average molecular weight is 330 g/mol. The number of carbonyl (C=O) groups excluding carboxylic acids is 2. The van der Waals surface area contributed by atoms with Crippen LogP contribution < -0.4 is 0 Å². The molecule has 0 aromatic heterocycles. The maximum absolute atomic E-state index is 12.9. The molecule has 2 saturated heterocycles. The lowest BCUT2D eigenvalue weighted by molar-refractivity contribution is -0.147. The third-order valence-corrected chi connectivity index (χ3v) is 5.21. The lowest BCUT2D eigenvalue weighted by Gasteiger charge is -2.41. The highest BCUT2D eigenvalue weighted by Crippen LogP contribution is 2.40. The molecule has 1 unspecified atom stereocenters. The van der Waals surface area contributed by atoms with Crippen LogP contribution in [0.25, 0.3) is 0 Å². The molecule has 24 heavy (non-hydrogen) atoms. The fourth-order valence-electron chi connectivity index (χ4n) is 3.81. The Morgan fingerprint density at radius 3 is 2.67 bits per heavy atom. The molecule has 2 fully saturated rings. The van der Waals surface area contributed by atoms with Gasteiger partial charge in [0, 0.05) is 25.7 Å². The summed E-state index contributed by atoms with van der Waals surface area (Å²) >= 11 is 0. The minimum atomic E-state index is -0.395. The standard InChI is InChI=1S/C19H26N2O3/c1-15(2)21-11-6-9-19(17(21)22)10-12-20(14-19)18(23)24-13-16-7-4-3-5-8-16/h3-5,7-8,15H,6,9-14H2,1-2H3. The second-order valence-corrected chi connectivity index (χ2v) is 7.19. The Morgan fingerprint density at radius 2 is 1.96 bits per heavy atom. The highest BCUT2D eigenvalue weighted by molar-refractivity contribution is 5.85. The van der Waals surface area contributed by atoms with Crippen molar-refractivity contribution < 1.29 is 14.3 Å². The monoisotopic (exact) mass is 330 g/mol. The SMILES string of the molecule is CC(C)N1CCCC2(CCN(C(=O)OCc3ccccc3)C2)C1=O. The minimum absolute atomic E-state index is 0.210. The van der Waals surface area contributed by atoms with Gasteiger partial charge in [-0.1, -0.05) is 30.3 Å². The number of piperidine rings is 1. The Hall–Kier alpha value is -2.04. The third kappa shape index (κ3) is 3.25. The topological polar surface area (TPSA) is 49.9 Å². The van der Waals surface area contributed by atoms with Gasteiger partial charge < -0.3 is 14.5 Å². The van der Waals surface area contributed by atoms with E-state index >= 15 is 0 Å². The summed E-state index contributed by atoms with van der Waals surface area (Å²) in [5, 5.41) is 0. The first-order valence-electron chi connectivity index (χ1n) is 8.78. The van der Waals surface area contributed by atoms with Crippen molar-refractivity contribution >= 4 is 12.0 Å². The molecule has 1 atom stereocenters. The first-order valence-corrected chi connectivity index (χ1v) is 8.78. The molecule has 1 spiro atoms. The molecule has 5 nitrogen and oxygen atoms in total. The van der Waals surface area contributed by atoms with E-state index in [4.69, 9.17) is 4.74 Å². The van der Waals surface area contributed by atoms with Crippen LogP contribution in [0.4, 0.5) is 4.79 Å². The molecule has 0 radical (unpaired) electrons. The predicted molar refractivity (Wildman–Crippen MR) is 91.3 cm³/mol. The Bertz CT molecular complexity index is 602. The van der Waals surface area contributed by atoms with Gasteiger partial charge in [-0.3, -0.25) is 4.79 Å². The van der Waals surface area contributed by atoms with E-state index in [9.17, 15) is 9.59 Å². The van der Waals surface area contributed by atoms with E-state index in [-0.39, 0.29) is 24.6 Å². The highest BCUT2D eigenvalue weighted by atomic mass is 16.6. The van der Waals surface area contributed by atoms with E-state index < -0.39 is 5.41 Å². The first-order chi connectivity index (χ1) is 11.5. The van der Waals surface area contributed by atoms with Gasteiger partial charge in [0.15, 0.2) is 0 Å². The number of hydrogen-bond donors (Lipinski definition) is 0. The molecule has 0 saturated carbocycles. The van der Waals surface area contributed by atoms with Crippen LogP contribution in [0.1, 0.15) is 38.7 Å². The molecule has 2 aliphatic heterocycles. The molecule has 1 aromatic rings. The van der Waals surface area contributed by atoms with Gasteiger partial charge in [-0.05, 0) is 38.7 Å². The molecule has 0 N–H and O–H groups in total. The fraction of sp³-hybridized carbons (Fsp3) is 0.579. The Kier molecular flexibility index (Phi) is 4.78. The summed E-state index contributed by atoms with van der Waals surface area (Å²) in [5.74, 6) is 0.210. The summed E-state index contributed by atoms with van der Waals surface area (Å²) in [6.07, 6.45) is 2.31. The molecular formula is C19H26N2O3. The number of ether oxygens (including phenoxy) is 1. The molecular weight excluding hydrogens is 304 g/mol. The first kappa shape index (κ1) is 16.8. The Balaban J connectivity index is 1.60. The van der Waals surface area contributed by atoms with E-state index in [1.807, 2.05) is 35.2 Å². The van der Waals surface area contributed by atoms with Gasteiger partial charge in [0.25, 0.3) is 0 Å². The molecule has 0 bridgehead atoms. The van der Waals surface area contributed by atoms with Crippen molar-refractivity contribution in [2.75, 3.05) is 19.6 Å². The maximum atomic E-state index is 12.9. The van der Waals surface area contributed by atoms with Crippen molar-refractivity contribution in [1.82, 2.24) is 9.80 Å². The van der Waals surface area contributed by atoms with Crippen LogP contribution in [0, 0.1) is 5.41 Å². The van der Waals surface area contributed by atoms with Crippen LogP contribution in [-0.2, 0) is 16.1 Å². The van der Waals surface area contributed by atoms with Gasteiger partial charge in [-0.2, -0.15) is 0 Å². The summed E-state index contributed by atoms with van der Waals surface area (Å²) in [7, 11) is 0. The van der Waals surface area contributed by atoms with Crippen molar-refractivity contribution in [3.05, 3.63) is 35.9 Å². The number of rotatable bonds is 3. The van der Waals surface area contributed by atoms with Crippen molar-refractivity contribution in [1.29, 1.82) is 0 Å². The molecule has 1 aromatic carbocycles. The Labute approximate surface area is 143 Å². The van der Waals surface area contributed by atoms with Gasteiger partial charge >= 0.3 is 6.09 Å². The largest absolute Gasteiger partial charge is 0.445 e. The van der Waals surface area contributed by atoms with Crippen molar-refractivity contribution in [2.45, 2.75) is 45.8 Å². The van der Waals surface area contributed by atoms with Gasteiger partial charge in [0.05, 0.1) is 5.41 Å². The molecule has 2 aliphatic rings. The number of benzene rings is 1. The van der Waals surface area contributed by atoms with Crippen LogP contribution in [0.5, 0.6) is 0 Å². The quantitative estimate of drug-likeness (QED) is 0.856. The van der Waals surface area contributed by atoms with Gasteiger partial charge in [0.1, 0.15) is 6.61 Å². The van der Waals surface area contributed by atoms with E-state index in [1.54, 1.807) is 4.90 Å². The lowest BCUT2D eigenvalue weighted by Crippen LogP contribution is -2.52. The summed E-state index contributed by atoms with van der Waals surface area (Å²) in [6.45, 7) is 6.30. The van der Waals surface area contributed by atoms with Crippen molar-refractivity contribution in [2.24, 2.45) is 5.41 Å². The van der Waals surface area contributed by atoms with E-state index in [0.717, 1.165) is 31.4 Å². The number of amides is 2. The smallest absolute Gasteiger partial charge is 0.410 e. The van der Waals surface area contributed by atoms with Crippen LogP contribution in [0.2, 0.25) is 0 Å². The maximum Gasteiger partial charge on any atom is 0.410 e. The average Bonchev–Trinajstić information content (AvgIpc) is 3.01. The van der Waals surface area contributed by atoms with Crippen molar-refractivity contribution in [3.63, 3.8) is 0 Å². The number of carbonyl (C=O) groups is 2. The van der Waals surface area contributed by atoms with Crippen LogP contribution in [-0.4, -0.2) is 47.5 Å². The number of nitrogens with zero attached hydrogens (tertiary/aromatic N) is 2. The second-order valence-electron chi connectivity index (χ2n) is 7.19. The summed E-state index contributed by atoms with van der Waals surface area (Å²) in [5.41, 5.74) is 0.577. The third-order valence-electron chi connectivity index (χ3n) is 5.21. The van der Waals surface area contributed by atoms with E-state index in [1.165, 1.54) is 0 Å². The summed E-state index contributed by atoms with van der Waals surface area (Å²) in [6, 6.07) is 9.87. The molecule has 0 aliphatic carbocycles. The van der Waals surface area contributed by atoms with Crippen LogP contribution >= 0.6 is 0 Å². The normalized spacial score (nSPS) is 24.0. The zero-order chi connectivity index (χ0) is 17.2. The van der Waals surface area contributed by atoms with E-state index in [0.29, 0.717) is 13.1 Å². The summed E-state index contributed by atoms with van der Waals surface area (Å²) in [4.78, 5) is 28.9. The zero-order valence-electron chi connectivity index (χ0n) is 14.5. The molecule has 5 heteroatoms. The van der Waals surface area contributed by atoms with Crippen LogP contribution in [0.3, 0.4) is 0 Å². The molecule has 3 rings (SSSR count). The summed E-state index contributed by atoms with van der Waals surface area (Å²) < 4.78 is 5.42. The lowest BCUT2D eigenvalue weighted by atomic mass is 9.78. The molecule has 130 valence electrons. The highest BCUT2D eigenvalue weighted by Gasteiger charge is 2.50. The van der Waals surface area contributed by atoms with Crippen molar-refractivity contribution in [3.8, 4) is 0 Å². The van der Waals surface area contributed by atoms with Gasteiger partial charge in [-0.25, -0.2) is 4.79 Å². The number of likely N-dealkylation sites (tertiary alicyclic amines) is 2. The number of hydrogen-bond acceptors (Lipinski definition) is 3. The van der Waals surface area contributed by atoms with E-state index in [2.05, 4.69) is 13.8 Å². The second kappa shape index (κ2) is 6.83. The molecule has 2 heterocycles. The molecule has 2 amide bonds.